The zero-order valence-electron chi connectivity index (χ0n) is 9.44. The van der Waals surface area contributed by atoms with Crippen LogP contribution in [-0.4, -0.2) is 48.5 Å². The van der Waals surface area contributed by atoms with Gasteiger partial charge in [-0.15, -0.1) is 0 Å². The summed E-state index contributed by atoms with van der Waals surface area (Å²) in [6.07, 6.45) is 0.195. The Balaban J connectivity index is 3.47. The van der Waals surface area contributed by atoms with Crippen molar-refractivity contribution in [3.8, 4) is 0 Å². The molecule has 0 rings (SSSR count). The number of amides is 1. The van der Waals surface area contributed by atoms with Crippen LogP contribution in [0.3, 0.4) is 0 Å². The minimum Gasteiger partial charge on any atom is -0.481 e. The summed E-state index contributed by atoms with van der Waals surface area (Å²) in [6, 6.07) is 0. The van der Waals surface area contributed by atoms with E-state index >= 15 is 0 Å². The zero-order chi connectivity index (χ0) is 12.4. The second-order valence-electron chi connectivity index (χ2n) is 3.59. The van der Waals surface area contributed by atoms with Gasteiger partial charge in [0.2, 0.25) is 5.91 Å². The highest BCUT2D eigenvalue weighted by atomic mass is 16.5. The number of rotatable bonds is 9. The number of hydrogen-bond acceptors (Lipinski definition) is 4. The lowest BCUT2D eigenvalue weighted by Crippen LogP contribution is -2.29. The zero-order valence-corrected chi connectivity index (χ0v) is 9.44. The number of aliphatic hydroxyl groups is 1. The van der Waals surface area contributed by atoms with E-state index in [2.05, 4.69) is 5.32 Å². The Hall–Kier alpha value is -1.14. The van der Waals surface area contributed by atoms with Crippen molar-refractivity contribution in [2.45, 2.75) is 19.8 Å². The summed E-state index contributed by atoms with van der Waals surface area (Å²) in [5, 5.41) is 19.5. The van der Waals surface area contributed by atoms with Gasteiger partial charge in [0, 0.05) is 19.4 Å². The van der Waals surface area contributed by atoms with Gasteiger partial charge in [0.25, 0.3) is 0 Å². The molecule has 1 unspecified atom stereocenters. The molecule has 6 heteroatoms. The summed E-state index contributed by atoms with van der Waals surface area (Å²) in [5.41, 5.74) is 0. The SMILES string of the molecule is CC(CC(=O)O)CC(=O)NCCOCCO. The number of carbonyl (C=O) groups is 2. The van der Waals surface area contributed by atoms with Crippen LogP contribution in [0.1, 0.15) is 19.8 Å². The molecule has 94 valence electrons. The minimum atomic E-state index is -0.897. The number of aliphatic carboxylic acids is 1. The van der Waals surface area contributed by atoms with Crippen LogP contribution in [-0.2, 0) is 14.3 Å². The molecule has 0 spiro atoms. The molecule has 0 bridgehead atoms. The van der Waals surface area contributed by atoms with E-state index in [-0.39, 0.29) is 37.9 Å². The molecule has 0 saturated heterocycles. The fourth-order valence-corrected chi connectivity index (χ4v) is 1.19. The molecule has 0 saturated carbocycles. The average molecular weight is 233 g/mol. The maximum atomic E-state index is 11.3. The molecule has 1 amide bonds. The van der Waals surface area contributed by atoms with E-state index in [1.54, 1.807) is 6.92 Å². The molecule has 0 aromatic carbocycles. The van der Waals surface area contributed by atoms with E-state index in [0.717, 1.165) is 0 Å². The standard InChI is InChI=1S/C10H19NO5/c1-8(7-10(14)15)6-9(13)11-2-4-16-5-3-12/h8,12H,2-7H2,1H3,(H,11,13)(H,14,15). The normalized spacial score (nSPS) is 12.1. The van der Waals surface area contributed by atoms with Crippen molar-refractivity contribution in [3.05, 3.63) is 0 Å². The highest BCUT2D eigenvalue weighted by molar-refractivity contribution is 5.77. The number of carbonyl (C=O) groups excluding carboxylic acids is 1. The fraction of sp³-hybridized carbons (Fsp3) is 0.800. The van der Waals surface area contributed by atoms with E-state index in [1.165, 1.54) is 0 Å². The Morgan fingerprint density at radius 1 is 1.31 bits per heavy atom. The van der Waals surface area contributed by atoms with Gasteiger partial charge in [-0.1, -0.05) is 6.92 Å². The number of carboxylic acid groups (broad SMARTS) is 1. The van der Waals surface area contributed by atoms with Crippen LogP contribution in [0.5, 0.6) is 0 Å². The Morgan fingerprint density at radius 3 is 2.56 bits per heavy atom. The first kappa shape index (κ1) is 14.9. The lowest BCUT2D eigenvalue weighted by molar-refractivity contribution is -0.138. The van der Waals surface area contributed by atoms with E-state index in [0.29, 0.717) is 13.2 Å². The van der Waals surface area contributed by atoms with Crippen molar-refractivity contribution in [3.63, 3.8) is 0 Å². The molecular formula is C10H19NO5. The number of hydrogen-bond donors (Lipinski definition) is 3. The van der Waals surface area contributed by atoms with Gasteiger partial charge in [0.05, 0.1) is 19.8 Å². The molecule has 0 radical (unpaired) electrons. The summed E-state index contributed by atoms with van der Waals surface area (Å²) < 4.78 is 4.94. The van der Waals surface area contributed by atoms with Crippen LogP contribution < -0.4 is 5.32 Å². The lowest BCUT2D eigenvalue weighted by atomic mass is 10.0. The molecule has 6 nitrogen and oxygen atoms in total. The molecule has 0 heterocycles. The Bertz CT molecular complexity index is 219. The fourth-order valence-electron chi connectivity index (χ4n) is 1.19. The van der Waals surface area contributed by atoms with Crippen LogP contribution in [0.4, 0.5) is 0 Å². The van der Waals surface area contributed by atoms with Gasteiger partial charge in [-0.05, 0) is 5.92 Å². The molecule has 0 aromatic heterocycles. The van der Waals surface area contributed by atoms with Crippen LogP contribution in [0.25, 0.3) is 0 Å². The van der Waals surface area contributed by atoms with Crippen LogP contribution >= 0.6 is 0 Å². The third-order valence-corrected chi connectivity index (χ3v) is 1.86. The molecular weight excluding hydrogens is 214 g/mol. The molecule has 16 heavy (non-hydrogen) atoms. The molecule has 0 aliphatic carbocycles. The van der Waals surface area contributed by atoms with Gasteiger partial charge in [-0.2, -0.15) is 0 Å². The average Bonchev–Trinajstić information content (AvgIpc) is 2.15. The predicted octanol–water partition coefficient (Wildman–Crippen LogP) is -0.388. The summed E-state index contributed by atoms with van der Waals surface area (Å²) in [5.74, 6) is -1.25. The first-order valence-electron chi connectivity index (χ1n) is 5.23. The number of aliphatic hydroxyl groups excluding tert-OH is 1. The van der Waals surface area contributed by atoms with Crippen molar-refractivity contribution < 1.29 is 24.5 Å². The number of ether oxygens (including phenoxy) is 1. The van der Waals surface area contributed by atoms with Gasteiger partial charge < -0.3 is 20.3 Å². The second kappa shape index (κ2) is 9.11. The minimum absolute atomic E-state index is 0.00552. The molecule has 0 aromatic rings. The van der Waals surface area contributed by atoms with Crippen molar-refractivity contribution in [1.82, 2.24) is 5.32 Å². The topological polar surface area (TPSA) is 95.9 Å². The Morgan fingerprint density at radius 2 is 2.00 bits per heavy atom. The molecule has 0 aliphatic rings. The van der Waals surface area contributed by atoms with Gasteiger partial charge in [-0.25, -0.2) is 0 Å². The monoisotopic (exact) mass is 233 g/mol. The van der Waals surface area contributed by atoms with Crippen LogP contribution in [0.15, 0.2) is 0 Å². The van der Waals surface area contributed by atoms with Crippen molar-refractivity contribution in [1.29, 1.82) is 0 Å². The molecule has 0 fully saturated rings. The lowest BCUT2D eigenvalue weighted by Gasteiger charge is -2.09. The molecule has 1 atom stereocenters. The van der Waals surface area contributed by atoms with E-state index in [4.69, 9.17) is 14.9 Å². The first-order valence-corrected chi connectivity index (χ1v) is 5.23. The predicted molar refractivity (Wildman–Crippen MR) is 56.9 cm³/mol. The van der Waals surface area contributed by atoms with Gasteiger partial charge >= 0.3 is 5.97 Å². The number of carboxylic acids is 1. The van der Waals surface area contributed by atoms with E-state index in [1.807, 2.05) is 0 Å². The first-order chi connectivity index (χ1) is 7.56. The van der Waals surface area contributed by atoms with E-state index < -0.39 is 5.97 Å². The van der Waals surface area contributed by atoms with Crippen LogP contribution in [0, 0.1) is 5.92 Å². The summed E-state index contributed by atoms with van der Waals surface area (Å²) >= 11 is 0. The van der Waals surface area contributed by atoms with Gasteiger partial charge in [-0.3, -0.25) is 9.59 Å². The van der Waals surface area contributed by atoms with Gasteiger partial charge in [0.1, 0.15) is 0 Å². The van der Waals surface area contributed by atoms with Crippen molar-refractivity contribution >= 4 is 11.9 Å². The maximum absolute atomic E-state index is 11.3. The molecule has 0 aliphatic heterocycles. The highest BCUT2D eigenvalue weighted by Crippen LogP contribution is 2.06. The molecule has 3 N–H and O–H groups in total. The third kappa shape index (κ3) is 9.42. The quantitative estimate of drug-likeness (QED) is 0.471. The van der Waals surface area contributed by atoms with Crippen LogP contribution in [0.2, 0.25) is 0 Å². The maximum Gasteiger partial charge on any atom is 0.303 e. The largest absolute Gasteiger partial charge is 0.481 e. The summed E-state index contributed by atoms with van der Waals surface area (Å²) in [4.78, 5) is 21.6. The second-order valence-corrected chi connectivity index (χ2v) is 3.59. The third-order valence-electron chi connectivity index (χ3n) is 1.86. The Kier molecular flexibility index (Phi) is 8.46. The Labute approximate surface area is 94.6 Å². The van der Waals surface area contributed by atoms with Gasteiger partial charge in [0.15, 0.2) is 0 Å². The van der Waals surface area contributed by atoms with E-state index in [9.17, 15) is 9.59 Å². The highest BCUT2D eigenvalue weighted by Gasteiger charge is 2.11. The smallest absolute Gasteiger partial charge is 0.303 e. The summed E-state index contributed by atoms with van der Waals surface area (Å²) in [6.45, 7) is 2.66. The summed E-state index contributed by atoms with van der Waals surface area (Å²) in [7, 11) is 0. The number of nitrogens with one attached hydrogen (secondary N) is 1. The van der Waals surface area contributed by atoms with Crippen molar-refractivity contribution in [2.24, 2.45) is 5.92 Å². The van der Waals surface area contributed by atoms with Crippen molar-refractivity contribution in [2.75, 3.05) is 26.4 Å².